The predicted octanol–water partition coefficient (Wildman–Crippen LogP) is 2.50. The van der Waals surface area contributed by atoms with Crippen LogP contribution in [0.15, 0.2) is 29.4 Å². The number of nitrogens with one attached hydrogen (secondary N) is 3. The molecule has 0 fully saturated rings. The summed E-state index contributed by atoms with van der Waals surface area (Å²) in [5.41, 5.74) is 2.37. The van der Waals surface area contributed by atoms with Gasteiger partial charge in [0.2, 0.25) is 0 Å². The number of methoxy groups -OCH3 is 1. The fourth-order valence-electron chi connectivity index (χ4n) is 2.85. The molecule has 0 aliphatic carbocycles. The Labute approximate surface area is 161 Å². The van der Waals surface area contributed by atoms with Gasteiger partial charge in [0.05, 0.1) is 0 Å². The second-order valence-electron chi connectivity index (χ2n) is 6.33. The Morgan fingerprint density at radius 1 is 1.27 bits per heavy atom. The van der Waals surface area contributed by atoms with Crippen LogP contribution < -0.4 is 10.6 Å². The molecule has 1 heterocycles. The number of guanidine groups is 1. The smallest absolute Gasteiger partial charge is 0.191 e. The molecule has 3 N–H and O–H groups in total. The van der Waals surface area contributed by atoms with Gasteiger partial charge in [-0.15, -0.1) is 0 Å². The lowest BCUT2D eigenvalue weighted by molar-refractivity contribution is 0.180. The molecule has 1 aromatic heterocycles. The molecule has 1 aromatic carbocycles. The molecule has 0 amide bonds. The van der Waals surface area contributed by atoms with Crippen LogP contribution in [0, 0.1) is 0 Å². The van der Waals surface area contributed by atoms with Crippen LogP contribution in [-0.2, 0) is 11.2 Å². The number of fused-ring (bicyclic) bond motifs is 1. The molecule has 0 unspecified atom stereocenters. The molecule has 0 bridgehead atoms. The average molecular weight is 380 g/mol. The number of aliphatic imine (C=N–C) groups is 1. The minimum absolute atomic E-state index is 0.762. The molecule has 7 heteroatoms. The number of aromatic nitrogens is 1. The molecule has 6 nitrogen and oxygen atoms in total. The molecule has 2 rings (SSSR count). The van der Waals surface area contributed by atoms with Crippen LogP contribution in [0.4, 0.5) is 0 Å². The fraction of sp³-hybridized carbons (Fsp3) is 0.526. The van der Waals surface area contributed by atoms with Gasteiger partial charge in [0.25, 0.3) is 0 Å². The molecule has 0 aliphatic rings. The molecule has 0 saturated carbocycles. The van der Waals surface area contributed by atoms with Crippen molar-refractivity contribution in [1.82, 2.24) is 20.5 Å². The molecule has 144 valence electrons. The lowest BCUT2D eigenvalue weighted by Crippen LogP contribution is -2.41. The second-order valence-corrected chi connectivity index (χ2v) is 6.77. The third-order valence-electron chi connectivity index (χ3n) is 4.31. The van der Waals surface area contributed by atoms with Gasteiger partial charge in [-0.3, -0.25) is 4.99 Å². The Hall–Kier alpha value is -1.76. The summed E-state index contributed by atoms with van der Waals surface area (Å²) in [6.07, 6.45) is 4.00. The van der Waals surface area contributed by atoms with E-state index in [0.717, 1.165) is 62.1 Å². The van der Waals surface area contributed by atoms with Gasteiger partial charge in [-0.1, -0.05) is 11.6 Å². The number of H-pyrrole nitrogens is 1. The summed E-state index contributed by atoms with van der Waals surface area (Å²) in [6.45, 7) is 4.46. The van der Waals surface area contributed by atoms with E-state index < -0.39 is 0 Å². The van der Waals surface area contributed by atoms with Crippen molar-refractivity contribution in [1.29, 1.82) is 0 Å². The maximum absolute atomic E-state index is 6.11. The Morgan fingerprint density at radius 2 is 2.08 bits per heavy atom. The maximum atomic E-state index is 6.11. The SMILES string of the molecule is CN=C(NCCc1c[nH]c2ccc(Cl)cc12)NCCN(C)CCCOC. The first-order valence-electron chi connectivity index (χ1n) is 9.01. The summed E-state index contributed by atoms with van der Waals surface area (Å²) in [7, 11) is 5.65. The predicted molar refractivity (Wildman–Crippen MR) is 110 cm³/mol. The van der Waals surface area contributed by atoms with Crippen molar-refractivity contribution in [2.45, 2.75) is 12.8 Å². The minimum atomic E-state index is 0.762. The van der Waals surface area contributed by atoms with Crippen LogP contribution in [0.25, 0.3) is 10.9 Å². The highest BCUT2D eigenvalue weighted by atomic mass is 35.5. The van der Waals surface area contributed by atoms with E-state index in [1.165, 1.54) is 10.9 Å². The lowest BCUT2D eigenvalue weighted by atomic mass is 10.1. The number of nitrogens with zero attached hydrogens (tertiary/aromatic N) is 2. The summed E-state index contributed by atoms with van der Waals surface area (Å²) < 4.78 is 5.08. The summed E-state index contributed by atoms with van der Waals surface area (Å²) in [5, 5.41) is 8.66. The maximum Gasteiger partial charge on any atom is 0.191 e. The van der Waals surface area contributed by atoms with Crippen LogP contribution in [0.3, 0.4) is 0 Å². The zero-order valence-electron chi connectivity index (χ0n) is 15.9. The Kier molecular flexibility index (Phi) is 8.74. The third kappa shape index (κ3) is 6.52. The topological polar surface area (TPSA) is 64.7 Å². The number of hydrogen-bond acceptors (Lipinski definition) is 3. The van der Waals surface area contributed by atoms with E-state index in [-0.39, 0.29) is 0 Å². The minimum Gasteiger partial charge on any atom is -0.385 e. The number of likely N-dealkylation sites (N-methyl/N-ethyl adjacent to an activating group) is 1. The van der Waals surface area contributed by atoms with Crippen molar-refractivity contribution in [2.24, 2.45) is 4.99 Å². The number of ether oxygens (including phenoxy) is 1. The van der Waals surface area contributed by atoms with Gasteiger partial charge in [-0.2, -0.15) is 0 Å². The van der Waals surface area contributed by atoms with E-state index in [2.05, 4.69) is 32.6 Å². The quantitative estimate of drug-likeness (QED) is 0.337. The number of benzene rings is 1. The van der Waals surface area contributed by atoms with Crippen molar-refractivity contribution in [2.75, 3.05) is 54.0 Å². The standard InChI is InChI=1S/C19H30ClN5O/c1-21-19(23-9-11-25(2)10-4-12-26-3)22-8-7-15-14-24-18-6-5-16(20)13-17(15)18/h5-6,13-14,24H,4,7-12H2,1-3H3,(H2,21,22,23). The van der Waals surface area contributed by atoms with Gasteiger partial charge in [0.15, 0.2) is 5.96 Å². The number of hydrogen-bond donors (Lipinski definition) is 3. The van der Waals surface area contributed by atoms with Gasteiger partial charge in [0, 0.05) is 69.1 Å². The first-order valence-corrected chi connectivity index (χ1v) is 9.39. The van der Waals surface area contributed by atoms with Crippen molar-refractivity contribution in [3.63, 3.8) is 0 Å². The third-order valence-corrected chi connectivity index (χ3v) is 4.55. The molecule has 26 heavy (non-hydrogen) atoms. The fourth-order valence-corrected chi connectivity index (χ4v) is 3.02. The van der Waals surface area contributed by atoms with Gasteiger partial charge >= 0.3 is 0 Å². The van der Waals surface area contributed by atoms with Crippen molar-refractivity contribution >= 4 is 28.5 Å². The zero-order valence-corrected chi connectivity index (χ0v) is 16.7. The summed E-state index contributed by atoms with van der Waals surface area (Å²) >= 11 is 6.11. The summed E-state index contributed by atoms with van der Waals surface area (Å²) in [5.74, 6) is 0.827. The summed E-state index contributed by atoms with van der Waals surface area (Å²) in [6, 6.07) is 5.92. The van der Waals surface area contributed by atoms with Crippen LogP contribution in [-0.4, -0.2) is 69.8 Å². The van der Waals surface area contributed by atoms with E-state index in [1.54, 1.807) is 14.2 Å². The molecule has 0 spiro atoms. The van der Waals surface area contributed by atoms with Crippen LogP contribution >= 0.6 is 11.6 Å². The normalized spacial score (nSPS) is 12.1. The Bertz CT molecular complexity index is 700. The molecular weight excluding hydrogens is 350 g/mol. The largest absolute Gasteiger partial charge is 0.385 e. The first kappa shape index (κ1) is 20.6. The number of aromatic amines is 1. The second kappa shape index (κ2) is 11.1. The van der Waals surface area contributed by atoms with Gasteiger partial charge in [-0.05, 0) is 43.7 Å². The van der Waals surface area contributed by atoms with Gasteiger partial charge in [0.1, 0.15) is 0 Å². The molecular formula is C19H30ClN5O. The summed E-state index contributed by atoms with van der Waals surface area (Å²) in [4.78, 5) is 9.86. The monoisotopic (exact) mass is 379 g/mol. The molecule has 0 atom stereocenters. The number of halogens is 1. The van der Waals surface area contributed by atoms with E-state index in [1.807, 2.05) is 24.4 Å². The molecule has 0 aliphatic heterocycles. The highest BCUT2D eigenvalue weighted by Gasteiger charge is 2.05. The van der Waals surface area contributed by atoms with Gasteiger partial charge < -0.3 is 25.3 Å². The average Bonchev–Trinajstić information content (AvgIpc) is 3.03. The van der Waals surface area contributed by atoms with Crippen LogP contribution in [0.1, 0.15) is 12.0 Å². The van der Waals surface area contributed by atoms with Crippen LogP contribution in [0.2, 0.25) is 5.02 Å². The Balaban J connectivity index is 1.71. The van der Waals surface area contributed by atoms with E-state index in [9.17, 15) is 0 Å². The molecule has 0 radical (unpaired) electrons. The lowest BCUT2D eigenvalue weighted by Gasteiger charge is -2.18. The van der Waals surface area contributed by atoms with Crippen LogP contribution in [0.5, 0.6) is 0 Å². The first-order chi connectivity index (χ1) is 12.6. The zero-order chi connectivity index (χ0) is 18.8. The number of rotatable bonds is 10. The highest BCUT2D eigenvalue weighted by molar-refractivity contribution is 6.31. The Morgan fingerprint density at radius 3 is 2.85 bits per heavy atom. The van der Waals surface area contributed by atoms with E-state index >= 15 is 0 Å². The van der Waals surface area contributed by atoms with E-state index in [4.69, 9.17) is 16.3 Å². The van der Waals surface area contributed by atoms with Gasteiger partial charge in [-0.25, -0.2) is 0 Å². The molecule has 0 saturated heterocycles. The van der Waals surface area contributed by atoms with Crippen molar-refractivity contribution in [3.05, 3.63) is 35.0 Å². The van der Waals surface area contributed by atoms with E-state index in [0.29, 0.717) is 0 Å². The van der Waals surface area contributed by atoms with Crippen molar-refractivity contribution < 1.29 is 4.74 Å². The van der Waals surface area contributed by atoms with Crippen molar-refractivity contribution in [3.8, 4) is 0 Å². The highest BCUT2D eigenvalue weighted by Crippen LogP contribution is 2.22. The molecule has 2 aromatic rings.